The van der Waals surface area contributed by atoms with Crippen molar-refractivity contribution < 1.29 is 19.7 Å². The van der Waals surface area contributed by atoms with Crippen LogP contribution in [-0.4, -0.2) is 35.9 Å². The summed E-state index contributed by atoms with van der Waals surface area (Å²) in [5.74, 6) is -0.947. The first kappa shape index (κ1) is 13.3. The molecule has 0 fully saturated rings. The van der Waals surface area contributed by atoms with Crippen LogP contribution in [0.3, 0.4) is 0 Å². The van der Waals surface area contributed by atoms with Gasteiger partial charge in [0.1, 0.15) is 17.1 Å². The van der Waals surface area contributed by atoms with Crippen molar-refractivity contribution >= 4 is 5.91 Å². The molecule has 0 aliphatic carbocycles. The summed E-state index contributed by atoms with van der Waals surface area (Å²) in [4.78, 5) is 11.6. The van der Waals surface area contributed by atoms with Gasteiger partial charge in [0, 0.05) is 19.8 Å². The maximum Gasteiger partial charge on any atom is 0.258 e. The van der Waals surface area contributed by atoms with Crippen molar-refractivity contribution in [1.82, 2.24) is 5.32 Å². The minimum atomic E-state index is -0.489. The fourth-order valence-corrected chi connectivity index (χ4v) is 1.37. The molecule has 0 radical (unpaired) electrons. The van der Waals surface area contributed by atoms with Gasteiger partial charge < -0.3 is 20.3 Å². The van der Waals surface area contributed by atoms with Crippen LogP contribution in [-0.2, 0) is 4.74 Å². The van der Waals surface area contributed by atoms with E-state index >= 15 is 0 Å². The molecule has 0 saturated heterocycles. The Kier molecular flexibility index (Phi) is 5.29. The summed E-state index contributed by atoms with van der Waals surface area (Å²) >= 11 is 0. The Morgan fingerprint density at radius 2 is 2.00 bits per heavy atom. The minimum absolute atomic E-state index is 0.0936. The van der Waals surface area contributed by atoms with Gasteiger partial charge in [0.25, 0.3) is 5.91 Å². The van der Waals surface area contributed by atoms with Crippen molar-refractivity contribution in [3.8, 4) is 11.5 Å². The second kappa shape index (κ2) is 6.75. The number of hydrogen-bond acceptors (Lipinski definition) is 4. The average molecular weight is 239 g/mol. The number of phenolic OH excluding ortho intramolecular Hbond substituents is 2. The van der Waals surface area contributed by atoms with E-state index in [1.165, 1.54) is 18.2 Å². The molecule has 5 heteroatoms. The van der Waals surface area contributed by atoms with Crippen LogP contribution >= 0.6 is 0 Å². The SMILES string of the molecule is CCOCCCNC(=O)c1c(O)cccc1O. The molecule has 17 heavy (non-hydrogen) atoms. The lowest BCUT2D eigenvalue weighted by Gasteiger charge is -2.08. The molecular weight excluding hydrogens is 222 g/mol. The summed E-state index contributed by atoms with van der Waals surface area (Å²) in [5, 5.41) is 21.5. The Morgan fingerprint density at radius 3 is 2.59 bits per heavy atom. The van der Waals surface area contributed by atoms with Crippen molar-refractivity contribution in [3.63, 3.8) is 0 Å². The molecule has 1 rings (SSSR count). The molecule has 94 valence electrons. The van der Waals surface area contributed by atoms with Gasteiger partial charge >= 0.3 is 0 Å². The molecule has 1 aromatic rings. The summed E-state index contributed by atoms with van der Waals surface area (Å²) in [6.07, 6.45) is 0.688. The predicted octanol–water partition coefficient (Wildman–Crippen LogP) is 1.25. The number of rotatable bonds is 6. The van der Waals surface area contributed by atoms with Gasteiger partial charge in [-0.25, -0.2) is 0 Å². The third kappa shape index (κ3) is 3.96. The van der Waals surface area contributed by atoms with Crippen LogP contribution in [0.5, 0.6) is 11.5 Å². The largest absolute Gasteiger partial charge is 0.507 e. The van der Waals surface area contributed by atoms with Crippen LogP contribution < -0.4 is 5.32 Å². The zero-order chi connectivity index (χ0) is 12.7. The first-order valence-corrected chi connectivity index (χ1v) is 5.53. The van der Waals surface area contributed by atoms with Crippen molar-refractivity contribution in [1.29, 1.82) is 0 Å². The molecule has 0 spiro atoms. The number of carbonyl (C=O) groups excluding carboxylic acids is 1. The lowest BCUT2D eigenvalue weighted by molar-refractivity contribution is 0.0939. The molecule has 5 nitrogen and oxygen atoms in total. The van der Waals surface area contributed by atoms with Crippen molar-refractivity contribution in [2.24, 2.45) is 0 Å². The van der Waals surface area contributed by atoms with Crippen LogP contribution in [0.4, 0.5) is 0 Å². The first-order valence-electron chi connectivity index (χ1n) is 5.53. The molecule has 0 bridgehead atoms. The topological polar surface area (TPSA) is 78.8 Å². The number of benzene rings is 1. The fraction of sp³-hybridized carbons (Fsp3) is 0.417. The highest BCUT2D eigenvalue weighted by molar-refractivity contribution is 5.99. The number of nitrogens with one attached hydrogen (secondary N) is 1. The van der Waals surface area contributed by atoms with E-state index in [9.17, 15) is 15.0 Å². The molecule has 0 aliphatic rings. The fourth-order valence-electron chi connectivity index (χ4n) is 1.37. The molecule has 0 saturated carbocycles. The van der Waals surface area contributed by atoms with Gasteiger partial charge in [-0.1, -0.05) is 6.07 Å². The predicted molar refractivity (Wildman–Crippen MR) is 63.2 cm³/mol. The summed E-state index contributed by atoms with van der Waals surface area (Å²) in [6.45, 7) is 3.56. The third-order valence-electron chi connectivity index (χ3n) is 2.20. The summed E-state index contributed by atoms with van der Waals surface area (Å²) < 4.78 is 5.12. The van der Waals surface area contributed by atoms with E-state index in [1.54, 1.807) is 0 Å². The summed E-state index contributed by atoms with van der Waals surface area (Å²) in [6, 6.07) is 4.18. The molecule has 0 unspecified atom stereocenters. The molecule has 0 aliphatic heterocycles. The van der Waals surface area contributed by atoms with Crippen LogP contribution in [0.2, 0.25) is 0 Å². The zero-order valence-electron chi connectivity index (χ0n) is 9.77. The summed E-state index contributed by atoms with van der Waals surface area (Å²) in [5.41, 5.74) is -0.0936. The van der Waals surface area contributed by atoms with Crippen LogP contribution in [0.15, 0.2) is 18.2 Å². The third-order valence-corrected chi connectivity index (χ3v) is 2.20. The standard InChI is InChI=1S/C12H17NO4/c1-2-17-8-4-7-13-12(16)11-9(14)5-3-6-10(11)15/h3,5-6,14-15H,2,4,7-8H2,1H3,(H,13,16). The Balaban J connectivity index is 2.47. The van der Waals surface area contributed by atoms with E-state index < -0.39 is 5.91 Å². The van der Waals surface area contributed by atoms with E-state index in [2.05, 4.69) is 5.32 Å². The maximum atomic E-state index is 11.6. The quantitative estimate of drug-likeness (QED) is 0.653. The number of aromatic hydroxyl groups is 2. The molecule has 3 N–H and O–H groups in total. The normalized spacial score (nSPS) is 10.2. The van der Waals surface area contributed by atoms with Gasteiger partial charge in [0.15, 0.2) is 0 Å². The number of phenols is 2. The van der Waals surface area contributed by atoms with Gasteiger partial charge in [-0.05, 0) is 25.5 Å². The second-order valence-electron chi connectivity index (χ2n) is 3.48. The molecule has 1 amide bonds. The van der Waals surface area contributed by atoms with Gasteiger partial charge in [-0.15, -0.1) is 0 Å². The highest BCUT2D eigenvalue weighted by atomic mass is 16.5. The molecule has 0 atom stereocenters. The average Bonchev–Trinajstić information content (AvgIpc) is 2.28. The number of ether oxygens (including phenoxy) is 1. The smallest absolute Gasteiger partial charge is 0.258 e. The minimum Gasteiger partial charge on any atom is -0.507 e. The van der Waals surface area contributed by atoms with Gasteiger partial charge in [-0.3, -0.25) is 4.79 Å². The van der Waals surface area contributed by atoms with E-state index in [0.717, 1.165) is 0 Å². The number of amides is 1. The molecule has 0 heterocycles. The van der Waals surface area contributed by atoms with Crippen molar-refractivity contribution in [2.45, 2.75) is 13.3 Å². The van der Waals surface area contributed by atoms with E-state index in [4.69, 9.17) is 4.74 Å². The number of carbonyl (C=O) groups is 1. The Hall–Kier alpha value is -1.75. The van der Waals surface area contributed by atoms with Crippen molar-refractivity contribution in [2.75, 3.05) is 19.8 Å². The highest BCUT2D eigenvalue weighted by Crippen LogP contribution is 2.25. The zero-order valence-corrected chi connectivity index (χ0v) is 9.77. The molecular formula is C12H17NO4. The van der Waals surface area contributed by atoms with E-state index in [1.807, 2.05) is 6.92 Å². The maximum absolute atomic E-state index is 11.6. The van der Waals surface area contributed by atoms with Crippen LogP contribution in [0.1, 0.15) is 23.7 Å². The first-order chi connectivity index (χ1) is 8.16. The second-order valence-corrected chi connectivity index (χ2v) is 3.48. The number of hydrogen-bond donors (Lipinski definition) is 3. The molecule has 1 aromatic carbocycles. The lowest BCUT2D eigenvalue weighted by atomic mass is 10.1. The lowest BCUT2D eigenvalue weighted by Crippen LogP contribution is -2.25. The van der Waals surface area contributed by atoms with Crippen LogP contribution in [0.25, 0.3) is 0 Å². The molecule has 0 aromatic heterocycles. The Morgan fingerprint density at radius 1 is 1.35 bits per heavy atom. The van der Waals surface area contributed by atoms with Gasteiger partial charge in [0.2, 0.25) is 0 Å². The van der Waals surface area contributed by atoms with Gasteiger partial charge in [0.05, 0.1) is 0 Å². The summed E-state index contributed by atoms with van der Waals surface area (Å²) in [7, 11) is 0. The van der Waals surface area contributed by atoms with E-state index in [-0.39, 0.29) is 17.1 Å². The van der Waals surface area contributed by atoms with Crippen molar-refractivity contribution in [3.05, 3.63) is 23.8 Å². The van der Waals surface area contributed by atoms with E-state index in [0.29, 0.717) is 26.2 Å². The Labute approximate surface area is 100 Å². The van der Waals surface area contributed by atoms with Gasteiger partial charge in [-0.2, -0.15) is 0 Å². The monoisotopic (exact) mass is 239 g/mol. The highest BCUT2D eigenvalue weighted by Gasteiger charge is 2.14. The van der Waals surface area contributed by atoms with Crippen LogP contribution in [0, 0.1) is 0 Å². The Bertz CT molecular complexity index is 359.